The molecule has 1 saturated carbocycles. The van der Waals surface area contributed by atoms with Crippen molar-refractivity contribution in [3.05, 3.63) is 60.0 Å². The van der Waals surface area contributed by atoms with Crippen LogP contribution in [0.4, 0.5) is 5.69 Å². The molecule has 0 spiro atoms. The lowest BCUT2D eigenvalue weighted by Gasteiger charge is -2.12. The molecule has 0 radical (unpaired) electrons. The van der Waals surface area contributed by atoms with Crippen LogP contribution in [-0.2, 0) is 6.42 Å². The van der Waals surface area contributed by atoms with Crippen molar-refractivity contribution in [1.82, 2.24) is 15.3 Å². The van der Waals surface area contributed by atoms with Gasteiger partial charge in [0.2, 0.25) is 0 Å². The van der Waals surface area contributed by atoms with E-state index in [2.05, 4.69) is 45.0 Å². The van der Waals surface area contributed by atoms with Crippen molar-refractivity contribution in [3.63, 3.8) is 0 Å². The Morgan fingerprint density at radius 3 is 2.92 bits per heavy atom. The third-order valence-electron chi connectivity index (χ3n) is 5.09. The van der Waals surface area contributed by atoms with Gasteiger partial charge >= 0.3 is 0 Å². The molecule has 1 amide bonds. The molecule has 26 heavy (non-hydrogen) atoms. The first kappa shape index (κ1) is 16.6. The van der Waals surface area contributed by atoms with Crippen LogP contribution in [0.25, 0.3) is 10.9 Å². The molecule has 0 saturated heterocycles. The smallest absolute Gasteiger partial charge is 0.253 e. The number of aromatic amines is 1. The summed E-state index contributed by atoms with van der Waals surface area (Å²) in [5.41, 5.74) is 3.95. The highest BCUT2D eigenvalue weighted by molar-refractivity contribution is 5.94. The Kier molecular flexibility index (Phi) is 4.86. The van der Waals surface area contributed by atoms with Crippen LogP contribution in [0.5, 0.6) is 0 Å². The fraction of sp³-hybridized carbons (Fsp3) is 0.333. The van der Waals surface area contributed by atoms with E-state index in [1.807, 2.05) is 12.1 Å². The molecule has 0 bridgehead atoms. The molecule has 2 heterocycles. The fourth-order valence-electron chi connectivity index (χ4n) is 3.68. The number of rotatable bonds is 6. The zero-order valence-corrected chi connectivity index (χ0v) is 14.8. The summed E-state index contributed by atoms with van der Waals surface area (Å²) in [5.74, 6) is -0.0234. The van der Waals surface area contributed by atoms with Crippen molar-refractivity contribution in [1.29, 1.82) is 0 Å². The lowest BCUT2D eigenvalue weighted by Crippen LogP contribution is -2.32. The highest BCUT2D eigenvalue weighted by Crippen LogP contribution is 2.19. The van der Waals surface area contributed by atoms with Gasteiger partial charge in [0.15, 0.2) is 0 Å². The average Bonchev–Trinajstić information content (AvgIpc) is 3.32. The van der Waals surface area contributed by atoms with E-state index in [0.29, 0.717) is 11.6 Å². The molecule has 1 aliphatic carbocycles. The SMILES string of the molecule is O=C(NC1CCCC1)c1cncc(NCCc2c[nH]c3ccccc23)c1. The normalized spacial score (nSPS) is 14.6. The quantitative estimate of drug-likeness (QED) is 0.633. The number of nitrogens with zero attached hydrogens (tertiary/aromatic N) is 1. The zero-order chi connectivity index (χ0) is 17.8. The van der Waals surface area contributed by atoms with E-state index in [4.69, 9.17) is 0 Å². The summed E-state index contributed by atoms with van der Waals surface area (Å²) >= 11 is 0. The van der Waals surface area contributed by atoms with E-state index in [-0.39, 0.29) is 5.91 Å². The van der Waals surface area contributed by atoms with E-state index >= 15 is 0 Å². The fourth-order valence-corrected chi connectivity index (χ4v) is 3.68. The van der Waals surface area contributed by atoms with Gasteiger partial charge in [-0.05, 0) is 37.0 Å². The van der Waals surface area contributed by atoms with Crippen LogP contribution in [0.2, 0.25) is 0 Å². The number of anilines is 1. The first-order valence-corrected chi connectivity index (χ1v) is 9.34. The maximum atomic E-state index is 12.4. The molecule has 5 nitrogen and oxygen atoms in total. The summed E-state index contributed by atoms with van der Waals surface area (Å²) in [7, 11) is 0. The number of hydrogen-bond donors (Lipinski definition) is 3. The molecular formula is C21H24N4O. The number of aromatic nitrogens is 2. The Labute approximate surface area is 153 Å². The lowest BCUT2D eigenvalue weighted by molar-refractivity contribution is 0.0937. The number of H-pyrrole nitrogens is 1. The van der Waals surface area contributed by atoms with Crippen LogP contribution in [-0.4, -0.2) is 28.5 Å². The second-order valence-electron chi connectivity index (χ2n) is 6.95. The predicted octanol–water partition coefficient (Wildman–Crippen LogP) is 3.89. The molecule has 5 heteroatoms. The number of carbonyl (C=O) groups excluding carboxylic acids is 1. The number of pyridine rings is 1. The number of hydrogen-bond acceptors (Lipinski definition) is 3. The van der Waals surface area contributed by atoms with E-state index < -0.39 is 0 Å². The number of carbonyl (C=O) groups is 1. The minimum absolute atomic E-state index is 0.0234. The largest absolute Gasteiger partial charge is 0.383 e. The van der Waals surface area contributed by atoms with Crippen LogP contribution in [0.3, 0.4) is 0 Å². The average molecular weight is 348 g/mol. The van der Waals surface area contributed by atoms with Gasteiger partial charge in [0.25, 0.3) is 5.91 Å². The molecule has 0 atom stereocenters. The van der Waals surface area contributed by atoms with Crippen LogP contribution < -0.4 is 10.6 Å². The summed E-state index contributed by atoms with van der Waals surface area (Å²) < 4.78 is 0. The molecule has 0 unspecified atom stereocenters. The molecule has 0 aliphatic heterocycles. The molecular weight excluding hydrogens is 324 g/mol. The van der Waals surface area contributed by atoms with Crippen molar-refractivity contribution in [3.8, 4) is 0 Å². The Balaban J connectivity index is 1.35. The van der Waals surface area contributed by atoms with E-state index in [1.54, 1.807) is 12.4 Å². The minimum atomic E-state index is -0.0234. The highest BCUT2D eigenvalue weighted by Gasteiger charge is 2.18. The monoisotopic (exact) mass is 348 g/mol. The standard InChI is InChI=1S/C21H24N4O/c26-21(25-17-5-1-2-6-17)16-11-18(14-22-12-16)23-10-9-15-13-24-20-8-4-3-7-19(15)20/h3-4,7-8,11-14,17,23-24H,1-2,5-6,9-10H2,(H,25,26). The minimum Gasteiger partial charge on any atom is -0.383 e. The van der Waals surface area contributed by atoms with Gasteiger partial charge in [-0.15, -0.1) is 0 Å². The van der Waals surface area contributed by atoms with Crippen LogP contribution in [0.1, 0.15) is 41.6 Å². The third-order valence-corrected chi connectivity index (χ3v) is 5.09. The van der Waals surface area contributed by atoms with Crippen molar-refractivity contribution in [2.45, 2.75) is 38.1 Å². The van der Waals surface area contributed by atoms with Crippen LogP contribution in [0, 0.1) is 0 Å². The second-order valence-corrected chi connectivity index (χ2v) is 6.95. The Morgan fingerprint density at radius 2 is 2.04 bits per heavy atom. The van der Waals surface area contributed by atoms with Crippen LogP contribution >= 0.6 is 0 Å². The summed E-state index contributed by atoms with van der Waals surface area (Å²) in [6, 6.07) is 10.5. The molecule has 1 aliphatic rings. The molecule has 4 rings (SSSR count). The van der Waals surface area contributed by atoms with E-state index in [1.165, 1.54) is 23.8 Å². The van der Waals surface area contributed by atoms with Crippen molar-refractivity contribution >= 4 is 22.5 Å². The lowest BCUT2D eigenvalue weighted by atomic mass is 10.1. The van der Waals surface area contributed by atoms with Crippen molar-refractivity contribution < 1.29 is 4.79 Å². The van der Waals surface area contributed by atoms with Gasteiger partial charge in [-0.25, -0.2) is 0 Å². The van der Waals surface area contributed by atoms with Gasteiger partial charge in [-0.2, -0.15) is 0 Å². The maximum Gasteiger partial charge on any atom is 0.253 e. The van der Waals surface area contributed by atoms with Gasteiger partial charge in [0.1, 0.15) is 0 Å². The van der Waals surface area contributed by atoms with Gasteiger partial charge in [-0.3, -0.25) is 9.78 Å². The summed E-state index contributed by atoms with van der Waals surface area (Å²) in [4.78, 5) is 19.9. The zero-order valence-electron chi connectivity index (χ0n) is 14.8. The maximum absolute atomic E-state index is 12.4. The number of para-hydroxylation sites is 1. The summed E-state index contributed by atoms with van der Waals surface area (Å²) in [6.45, 7) is 0.789. The summed E-state index contributed by atoms with van der Waals surface area (Å²) in [5, 5.41) is 7.75. The Morgan fingerprint density at radius 1 is 1.19 bits per heavy atom. The molecule has 1 fully saturated rings. The Bertz CT molecular complexity index is 896. The highest BCUT2D eigenvalue weighted by atomic mass is 16.1. The van der Waals surface area contributed by atoms with E-state index in [9.17, 15) is 4.79 Å². The Hall–Kier alpha value is -2.82. The predicted molar refractivity (Wildman–Crippen MR) is 104 cm³/mol. The van der Waals surface area contributed by atoms with Crippen LogP contribution in [0.15, 0.2) is 48.9 Å². The third kappa shape index (κ3) is 3.72. The molecule has 1 aromatic carbocycles. The number of fused-ring (bicyclic) bond motifs is 1. The van der Waals surface area contributed by atoms with E-state index in [0.717, 1.165) is 37.0 Å². The summed E-state index contributed by atoms with van der Waals surface area (Å²) in [6.07, 6.45) is 11.0. The first-order chi connectivity index (χ1) is 12.8. The second kappa shape index (κ2) is 7.60. The number of amides is 1. The number of nitrogens with one attached hydrogen (secondary N) is 3. The van der Waals surface area contributed by atoms with Gasteiger partial charge in [0.05, 0.1) is 11.3 Å². The molecule has 3 aromatic rings. The van der Waals surface area contributed by atoms with Gasteiger partial charge in [-0.1, -0.05) is 31.0 Å². The van der Waals surface area contributed by atoms with Gasteiger partial charge in [0, 0.05) is 42.1 Å². The van der Waals surface area contributed by atoms with Crippen molar-refractivity contribution in [2.75, 3.05) is 11.9 Å². The van der Waals surface area contributed by atoms with Crippen molar-refractivity contribution in [2.24, 2.45) is 0 Å². The van der Waals surface area contributed by atoms with Gasteiger partial charge < -0.3 is 15.6 Å². The topological polar surface area (TPSA) is 69.8 Å². The molecule has 3 N–H and O–H groups in total. The molecule has 134 valence electrons. The first-order valence-electron chi connectivity index (χ1n) is 9.34. The molecule has 2 aromatic heterocycles. The number of benzene rings is 1.